The number of carbonyl (C=O) groups is 2. The molecule has 298 valence electrons. The Kier molecular flexibility index (Phi) is 11.4. The summed E-state index contributed by atoms with van der Waals surface area (Å²) in [6.07, 6.45) is 3.39. The SMILES string of the molecule is C[C@@]1(O)CCC[C@H]1n1c(=O)c(C(F)F)cc2cnc(NC3CCN(S(=O)(=O)CCCN4CCC(Oc5ccc(N6CCC(=O)NC6=O)cc5)CC4)CC3)nc21. The number of aliphatic hydroxyl groups is 1. The number of rotatable bonds is 12. The first kappa shape index (κ1) is 39.0. The van der Waals surface area contributed by atoms with Crippen LogP contribution in [0.4, 0.5) is 25.2 Å². The lowest BCUT2D eigenvalue weighted by molar-refractivity contribution is -0.120. The molecule has 3 N–H and O–H groups in total. The predicted octanol–water partition coefficient (Wildman–Crippen LogP) is 3.79. The molecular weight excluding hydrogens is 739 g/mol. The molecule has 0 spiro atoms. The van der Waals surface area contributed by atoms with Gasteiger partial charge in [-0.05, 0) is 95.2 Å². The fraction of sp³-hybridized carbons (Fsp3) is 0.595. The summed E-state index contributed by atoms with van der Waals surface area (Å²) in [6, 6.07) is 7.10. The lowest BCUT2D eigenvalue weighted by Gasteiger charge is -2.33. The second-order valence-corrected chi connectivity index (χ2v) is 17.3. The number of hydrogen-bond donors (Lipinski definition) is 3. The van der Waals surface area contributed by atoms with Crippen molar-refractivity contribution in [1.29, 1.82) is 0 Å². The highest BCUT2D eigenvalue weighted by Crippen LogP contribution is 2.40. The van der Waals surface area contributed by atoms with Crippen LogP contribution in [0.1, 0.15) is 82.7 Å². The topological polar surface area (TPSA) is 179 Å². The number of ether oxygens (including phenoxy) is 1. The second kappa shape index (κ2) is 16.1. The van der Waals surface area contributed by atoms with Gasteiger partial charge in [0.1, 0.15) is 17.5 Å². The molecule has 3 amide bonds. The summed E-state index contributed by atoms with van der Waals surface area (Å²) in [7, 11) is -3.47. The summed E-state index contributed by atoms with van der Waals surface area (Å²) in [5.74, 6) is 0.687. The summed E-state index contributed by atoms with van der Waals surface area (Å²) < 4.78 is 63.1. The third-order valence-electron chi connectivity index (χ3n) is 11.3. The normalized spacial score (nSPS) is 23.8. The van der Waals surface area contributed by atoms with Crippen molar-refractivity contribution >= 4 is 44.6 Å². The number of likely N-dealkylation sites (tertiary alicyclic amines) is 1. The van der Waals surface area contributed by atoms with Crippen LogP contribution >= 0.6 is 0 Å². The number of hydrogen-bond acceptors (Lipinski definition) is 11. The van der Waals surface area contributed by atoms with Crippen LogP contribution in [-0.2, 0) is 14.8 Å². The minimum absolute atomic E-state index is 0.0311. The van der Waals surface area contributed by atoms with Gasteiger partial charge in [0.15, 0.2) is 0 Å². The molecule has 3 aliphatic heterocycles. The van der Waals surface area contributed by atoms with Gasteiger partial charge in [-0.3, -0.25) is 24.4 Å². The minimum atomic E-state index is -3.47. The van der Waals surface area contributed by atoms with Crippen molar-refractivity contribution in [1.82, 2.24) is 29.1 Å². The Morgan fingerprint density at radius 2 is 1.76 bits per heavy atom. The van der Waals surface area contributed by atoms with E-state index in [1.165, 1.54) is 20.0 Å². The van der Waals surface area contributed by atoms with Crippen molar-refractivity contribution in [3.8, 4) is 5.75 Å². The predicted molar refractivity (Wildman–Crippen MR) is 201 cm³/mol. The molecule has 2 atom stereocenters. The van der Waals surface area contributed by atoms with Gasteiger partial charge in [-0.1, -0.05) is 0 Å². The molecule has 4 aliphatic rings. The highest BCUT2D eigenvalue weighted by molar-refractivity contribution is 7.89. The molecular formula is C37H48F2N8O7S. The zero-order valence-electron chi connectivity index (χ0n) is 30.8. The first-order chi connectivity index (χ1) is 26.3. The standard InChI is InChI=1S/C37H48F2N8O7S/c1-37(51)14-2-4-30(37)47-33-24(22-29(32(38)39)34(47)49)23-40-35(43-33)41-25-9-18-45(19-10-25)55(52,53)21-3-15-44-16-11-28(12-17-44)54-27-7-5-26(6-8-27)46-20-13-31(48)42-36(46)50/h5-8,22-23,25,28,30,32,51H,2-4,9-21H2,1H3,(H,40,41,43)(H,42,48,50)/t30-,37-/m1/s1. The van der Waals surface area contributed by atoms with Gasteiger partial charge in [0.05, 0.1) is 23.0 Å². The number of pyridine rings is 1. The van der Waals surface area contributed by atoms with Crippen LogP contribution in [0.15, 0.2) is 41.3 Å². The lowest BCUT2D eigenvalue weighted by atomic mass is 9.99. The van der Waals surface area contributed by atoms with Crippen molar-refractivity contribution in [2.45, 2.75) is 94.9 Å². The zero-order chi connectivity index (χ0) is 38.9. The van der Waals surface area contributed by atoms with Crippen molar-refractivity contribution in [2.75, 3.05) is 55.2 Å². The summed E-state index contributed by atoms with van der Waals surface area (Å²) in [5, 5.41) is 16.8. The number of carbonyl (C=O) groups excluding carboxylic acids is 2. The second-order valence-electron chi connectivity index (χ2n) is 15.2. The van der Waals surface area contributed by atoms with Crippen molar-refractivity contribution in [2.24, 2.45) is 0 Å². The maximum Gasteiger partial charge on any atom is 0.328 e. The average Bonchev–Trinajstić information content (AvgIpc) is 3.50. The Morgan fingerprint density at radius 1 is 1.04 bits per heavy atom. The minimum Gasteiger partial charge on any atom is -0.490 e. The molecule has 0 bridgehead atoms. The monoisotopic (exact) mass is 786 g/mol. The smallest absolute Gasteiger partial charge is 0.328 e. The molecule has 4 fully saturated rings. The summed E-state index contributed by atoms with van der Waals surface area (Å²) in [5.41, 5.74) is -1.91. The number of benzene rings is 1. The first-order valence-corrected chi connectivity index (χ1v) is 20.7. The Hall–Kier alpha value is -4.26. The summed E-state index contributed by atoms with van der Waals surface area (Å²) >= 11 is 0. The van der Waals surface area contributed by atoms with E-state index in [9.17, 15) is 36.7 Å². The maximum atomic E-state index is 13.8. The number of sulfonamides is 1. The van der Waals surface area contributed by atoms with Crippen LogP contribution in [0.3, 0.4) is 0 Å². The molecule has 0 unspecified atom stereocenters. The summed E-state index contributed by atoms with van der Waals surface area (Å²) in [4.78, 5) is 49.4. The molecule has 0 radical (unpaired) electrons. The Morgan fingerprint density at radius 3 is 2.42 bits per heavy atom. The van der Waals surface area contributed by atoms with E-state index in [0.29, 0.717) is 76.1 Å². The van der Waals surface area contributed by atoms with Gasteiger partial charge >= 0.3 is 6.03 Å². The van der Waals surface area contributed by atoms with Gasteiger partial charge in [-0.2, -0.15) is 4.98 Å². The van der Waals surface area contributed by atoms with Crippen LogP contribution < -0.4 is 25.8 Å². The van der Waals surface area contributed by atoms with Crippen LogP contribution in [0.5, 0.6) is 5.75 Å². The number of nitrogens with zero attached hydrogens (tertiary/aromatic N) is 6. The third kappa shape index (κ3) is 8.76. The number of imide groups is 1. The number of fused-ring (bicyclic) bond motifs is 1. The quantitative estimate of drug-likeness (QED) is 0.243. The number of urea groups is 1. The number of anilines is 2. The van der Waals surface area contributed by atoms with Gasteiger partial charge in [0.2, 0.25) is 21.9 Å². The Bertz CT molecular complexity index is 2050. The maximum absolute atomic E-state index is 13.8. The first-order valence-electron chi connectivity index (χ1n) is 19.0. The molecule has 1 aromatic carbocycles. The van der Waals surface area contributed by atoms with Crippen molar-refractivity contribution < 1.29 is 36.6 Å². The average molecular weight is 787 g/mol. The van der Waals surface area contributed by atoms with E-state index in [0.717, 1.165) is 32.0 Å². The highest BCUT2D eigenvalue weighted by Gasteiger charge is 2.40. The van der Waals surface area contributed by atoms with Gasteiger partial charge in [-0.15, -0.1) is 0 Å². The van der Waals surface area contributed by atoms with E-state index in [4.69, 9.17) is 4.74 Å². The molecule has 15 nitrogen and oxygen atoms in total. The fourth-order valence-electron chi connectivity index (χ4n) is 8.21. The number of nitrogens with one attached hydrogen (secondary N) is 2. The van der Waals surface area contributed by atoms with E-state index in [1.807, 2.05) is 12.1 Å². The number of amides is 3. The molecule has 7 rings (SSSR count). The fourth-order valence-corrected chi connectivity index (χ4v) is 9.73. The zero-order valence-corrected chi connectivity index (χ0v) is 31.6. The van der Waals surface area contributed by atoms with Crippen molar-refractivity contribution in [3.05, 3.63) is 52.4 Å². The van der Waals surface area contributed by atoms with Gasteiger partial charge in [0.25, 0.3) is 12.0 Å². The number of halogens is 2. The molecule has 3 aromatic rings. The van der Waals surface area contributed by atoms with Crippen LogP contribution in [-0.4, -0.2) is 112 Å². The third-order valence-corrected chi connectivity index (χ3v) is 13.3. The summed E-state index contributed by atoms with van der Waals surface area (Å²) in [6.45, 7) is 4.85. The van der Waals surface area contributed by atoms with Gasteiger partial charge in [-0.25, -0.2) is 31.3 Å². The Labute approximate surface area is 318 Å². The molecule has 5 heterocycles. The molecule has 1 aliphatic carbocycles. The van der Waals surface area contributed by atoms with Gasteiger partial charge < -0.3 is 20.1 Å². The van der Waals surface area contributed by atoms with Crippen LogP contribution in [0.25, 0.3) is 11.0 Å². The van der Waals surface area contributed by atoms with Crippen LogP contribution in [0.2, 0.25) is 0 Å². The van der Waals surface area contributed by atoms with Crippen LogP contribution in [0, 0.1) is 0 Å². The van der Waals surface area contributed by atoms with Crippen molar-refractivity contribution in [3.63, 3.8) is 0 Å². The van der Waals surface area contributed by atoms with E-state index >= 15 is 0 Å². The molecule has 55 heavy (non-hydrogen) atoms. The lowest BCUT2D eigenvalue weighted by Crippen LogP contribution is -2.49. The molecule has 1 saturated carbocycles. The number of aromatic nitrogens is 3. The molecule has 18 heteroatoms. The highest BCUT2D eigenvalue weighted by atomic mass is 32.2. The van der Waals surface area contributed by atoms with Gasteiger partial charge in [0, 0.05) is 62.5 Å². The largest absolute Gasteiger partial charge is 0.490 e. The van der Waals surface area contributed by atoms with E-state index < -0.39 is 45.2 Å². The molecule has 3 saturated heterocycles. The van der Waals surface area contributed by atoms with E-state index in [-0.39, 0.29) is 47.2 Å². The Balaban J connectivity index is 0.861. The molecule has 2 aromatic heterocycles. The van der Waals surface area contributed by atoms with E-state index in [2.05, 4.69) is 25.5 Å². The number of alkyl halides is 2. The number of piperidine rings is 2. The van der Waals surface area contributed by atoms with E-state index in [1.54, 1.807) is 19.1 Å².